The topological polar surface area (TPSA) is 112 Å². The first-order valence-corrected chi connectivity index (χ1v) is 14.5. The highest BCUT2D eigenvalue weighted by Gasteiger charge is 2.67. The fourth-order valence-electron chi connectivity index (χ4n) is 3.20. The first-order chi connectivity index (χ1) is 10.8. The van der Waals surface area contributed by atoms with Crippen LogP contribution in [0.4, 0.5) is 0 Å². The van der Waals surface area contributed by atoms with Gasteiger partial charge in [0.2, 0.25) is 10.8 Å². The van der Waals surface area contributed by atoms with Crippen LogP contribution in [0, 0.1) is 56.2 Å². The molecule has 0 saturated heterocycles. The van der Waals surface area contributed by atoms with E-state index in [0.717, 1.165) is 0 Å². The minimum Gasteiger partial charge on any atom is -0.292 e. The highest BCUT2D eigenvalue weighted by atomic mass is 28.3. The lowest BCUT2D eigenvalue weighted by Crippen LogP contribution is -2.56. The van der Waals surface area contributed by atoms with E-state index in [1.165, 1.54) is 0 Å². The second-order valence-electron chi connectivity index (χ2n) is 8.00. The van der Waals surface area contributed by atoms with Gasteiger partial charge in [0.05, 0.1) is 40.4 Å². The Kier molecular flexibility index (Phi) is 4.54. The van der Waals surface area contributed by atoms with Gasteiger partial charge in [-0.05, 0) is 10.8 Å². The number of Topliss-reactive ketones (excluding diaryl/α,β-unsaturated/α-hetero) is 1. The summed E-state index contributed by atoms with van der Waals surface area (Å²) in [6, 6.07) is 6.98. The number of hydrogen-bond acceptors (Lipinski definition) is 5. The van der Waals surface area contributed by atoms with Crippen molar-refractivity contribution in [1.29, 1.82) is 21.0 Å². The summed E-state index contributed by atoms with van der Waals surface area (Å²) < 4.78 is 0. The van der Waals surface area contributed by atoms with Gasteiger partial charge in [-0.15, -0.1) is 0 Å². The molecule has 0 heterocycles. The van der Waals surface area contributed by atoms with Crippen molar-refractivity contribution >= 4 is 21.9 Å². The lowest BCUT2D eigenvalue weighted by atomic mass is 9.58. The molecule has 0 atom stereocenters. The third-order valence-corrected chi connectivity index (χ3v) is 8.58. The van der Waals surface area contributed by atoms with Crippen LogP contribution in [-0.2, 0) is 4.79 Å². The van der Waals surface area contributed by atoms with Crippen molar-refractivity contribution in [2.45, 2.75) is 39.3 Å². The number of ketones is 1. The average Bonchev–Trinajstić information content (AvgIpc) is 2.46. The molecule has 0 aromatic heterocycles. The van der Waals surface area contributed by atoms with E-state index in [4.69, 9.17) is 0 Å². The molecule has 0 amide bonds. The van der Waals surface area contributed by atoms with Crippen LogP contribution in [0.1, 0.15) is 0 Å². The van der Waals surface area contributed by atoms with Gasteiger partial charge >= 0.3 is 0 Å². The van der Waals surface area contributed by atoms with Crippen LogP contribution in [0.25, 0.3) is 0 Å². The normalized spacial score (nSPS) is 19.8. The van der Waals surface area contributed by atoms with Gasteiger partial charge in [0.1, 0.15) is 0 Å². The van der Waals surface area contributed by atoms with E-state index >= 15 is 0 Å². The first kappa shape index (κ1) is 19.6. The third kappa shape index (κ3) is 2.26. The molecule has 0 bridgehead atoms. The van der Waals surface area contributed by atoms with Crippen molar-refractivity contribution in [1.82, 2.24) is 0 Å². The van der Waals surface area contributed by atoms with Crippen LogP contribution in [0.15, 0.2) is 22.5 Å². The monoisotopic (exact) mass is 352 g/mol. The molecule has 122 valence electrons. The van der Waals surface area contributed by atoms with Gasteiger partial charge in [-0.2, -0.15) is 21.0 Å². The van der Waals surface area contributed by atoms with Crippen molar-refractivity contribution in [3.63, 3.8) is 0 Å². The SMILES string of the molecule is C=C1C([Si](C)(C)C)=C([Si](C)(C)C)C(=O)C(C#N)(C#N)C1(C#N)C#N. The number of nitriles is 4. The maximum absolute atomic E-state index is 13.3. The number of hydrogen-bond donors (Lipinski definition) is 0. The second kappa shape index (κ2) is 5.57. The molecule has 1 rings (SSSR count). The minimum atomic E-state index is -2.37. The van der Waals surface area contributed by atoms with Gasteiger partial charge in [-0.1, -0.05) is 51.1 Å². The molecule has 0 N–H and O–H groups in total. The van der Waals surface area contributed by atoms with Crippen molar-refractivity contribution in [3.05, 3.63) is 22.5 Å². The van der Waals surface area contributed by atoms with E-state index in [2.05, 4.69) is 6.58 Å². The standard InChI is InChI=1S/C17H20N4OSi2/c1-12-13(23(2,3)4)14(24(5,6)7)15(22)17(10-20,11-21)16(12,8-18)9-19/h1H2,2-7H3. The van der Waals surface area contributed by atoms with Crippen LogP contribution in [0.5, 0.6) is 0 Å². The summed E-state index contributed by atoms with van der Waals surface area (Å²) in [4.78, 5) is 13.3. The summed E-state index contributed by atoms with van der Waals surface area (Å²) in [5, 5.41) is 39.9. The van der Waals surface area contributed by atoms with Crippen molar-refractivity contribution in [2.75, 3.05) is 0 Å². The molecule has 0 radical (unpaired) electrons. The molecule has 0 saturated carbocycles. The Hall–Kier alpha value is -2.46. The number of allylic oxidation sites excluding steroid dienone is 3. The van der Waals surface area contributed by atoms with Crippen molar-refractivity contribution < 1.29 is 4.79 Å². The minimum absolute atomic E-state index is 0.159. The highest BCUT2D eigenvalue weighted by Crippen LogP contribution is 2.55. The molecule has 0 aromatic rings. The molecule has 0 aliphatic heterocycles. The molecule has 1 aliphatic carbocycles. The summed E-state index contributed by atoms with van der Waals surface area (Å²) in [5.74, 6) is -0.681. The number of rotatable bonds is 2. The summed E-state index contributed by atoms with van der Waals surface area (Å²) >= 11 is 0. The molecule has 0 fully saturated rings. The van der Waals surface area contributed by atoms with Gasteiger partial charge in [0, 0.05) is 0 Å². The summed E-state index contributed by atoms with van der Waals surface area (Å²) in [6.45, 7) is 15.8. The predicted molar refractivity (Wildman–Crippen MR) is 95.2 cm³/mol. The highest BCUT2D eigenvalue weighted by molar-refractivity contribution is 6.93. The Balaban J connectivity index is 4.25. The third-order valence-electron chi connectivity index (χ3n) is 4.31. The fraction of sp³-hybridized carbons (Fsp3) is 0.471. The Labute approximate surface area is 145 Å². The van der Waals surface area contributed by atoms with E-state index in [0.29, 0.717) is 10.4 Å². The average molecular weight is 353 g/mol. The molecule has 24 heavy (non-hydrogen) atoms. The summed E-state index contributed by atoms with van der Waals surface area (Å²) in [7, 11) is -4.43. The zero-order valence-corrected chi connectivity index (χ0v) is 16.9. The molecule has 0 aromatic carbocycles. The van der Waals surface area contributed by atoms with E-state index < -0.39 is 32.8 Å². The Morgan fingerprint density at radius 2 is 1.08 bits per heavy atom. The van der Waals surface area contributed by atoms with E-state index in [-0.39, 0.29) is 5.57 Å². The van der Waals surface area contributed by atoms with E-state index in [9.17, 15) is 25.8 Å². The molecule has 0 spiro atoms. The lowest BCUT2D eigenvalue weighted by Gasteiger charge is -2.44. The van der Waals surface area contributed by atoms with Crippen LogP contribution in [-0.4, -0.2) is 21.9 Å². The van der Waals surface area contributed by atoms with Gasteiger partial charge in [0.15, 0.2) is 5.78 Å². The van der Waals surface area contributed by atoms with Gasteiger partial charge in [-0.25, -0.2) is 0 Å². The largest absolute Gasteiger partial charge is 0.292 e. The molecular formula is C17H20N4OSi2. The molecule has 5 nitrogen and oxygen atoms in total. The molecule has 1 aliphatic rings. The number of nitrogens with zero attached hydrogens (tertiary/aromatic N) is 4. The van der Waals surface area contributed by atoms with E-state index in [1.807, 2.05) is 39.3 Å². The predicted octanol–water partition coefficient (Wildman–Crippen LogP) is 3.24. The van der Waals surface area contributed by atoms with Crippen molar-refractivity contribution in [2.24, 2.45) is 10.8 Å². The Bertz CT molecular complexity index is 729. The van der Waals surface area contributed by atoms with Crippen LogP contribution >= 0.6 is 0 Å². The molecular weight excluding hydrogens is 332 g/mol. The number of carbonyl (C=O) groups excluding carboxylic acids is 1. The van der Waals surface area contributed by atoms with Gasteiger partial charge in [0.25, 0.3) is 0 Å². The summed E-state index contributed by atoms with van der Waals surface area (Å²) in [5.41, 5.74) is -4.38. The fourth-order valence-corrected chi connectivity index (χ4v) is 9.18. The Morgan fingerprint density at radius 1 is 0.750 bits per heavy atom. The maximum atomic E-state index is 13.3. The maximum Gasteiger partial charge on any atom is 0.240 e. The lowest BCUT2D eigenvalue weighted by molar-refractivity contribution is -0.121. The van der Waals surface area contributed by atoms with Gasteiger partial charge < -0.3 is 0 Å². The second-order valence-corrected chi connectivity index (χ2v) is 18.0. The van der Waals surface area contributed by atoms with Crippen LogP contribution < -0.4 is 0 Å². The summed E-state index contributed by atoms with van der Waals surface area (Å²) in [6.07, 6.45) is 0. The van der Waals surface area contributed by atoms with Gasteiger partial charge in [-0.3, -0.25) is 4.79 Å². The first-order valence-electron chi connectivity index (χ1n) is 7.45. The van der Waals surface area contributed by atoms with Crippen molar-refractivity contribution in [3.8, 4) is 24.3 Å². The molecule has 7 heteroatoms. The quantitative estimate of drug-likeness (QED) is 0.708. The van der Waals surface area contributed by atoms with Crippen LogP contribution in [0.2, 0.25) is 39.3 Å². The van der Waals surface area contributed by atoms with Crippen LogP contribution in [0.3, 0.4) is 0 Å². The zero-order chi connectivity index (χ0) is 19.1. The smallest absolute Gasteiger partial charge is 0.240 e. The number of carbonyl (C=O) groups is 1. The Morgan fingerprint density at radius 3 is 1.33 bits per heavy atom. The van der Waals surface area contributed by atoms with E-state index in [1.54, 1.807) is 24.3 Å². The zero-order valence-electron chi connectivity index (χ0n) is 14.9. The molecule has 0 unspecified atom stereocenters.